The van der Waals surface area contributed by atoms with E-state index in [0.29, 0.717) is 39.1 Å². The number of pyridine rings is 1. The normalized spacial score (nSPS) is 20.3. The average molecular weight is 447 g/mol. The van der Waals surface area contributed by atoms with E-state index in [0.717, 1.165) is 17.7 Å². The van der Waals surface area contributed by atoms with Crippen LogP contribution in [0.4, 0.5) is 13.2 Å². The third kappa shape index (κ3) is 4.62. The highest BCUT2D eigenvalue weighted by Crippen LogP contribution is 2.45. The molecule has 2 aromatic rings. The molecule has 0 radical (unpaired) electrons. The minimum absolute atomic E-state index is 0.133. The topological polar surface area (TPSA) is 71.5 Å². The van der Waals surface area contributed by atoms with Gasteiger partial charge in [0.05, 0.1) is 11.5 Å². The first-order valence-electron chi connectivity index (χ1n) is 10.5. The van der Waals surface area contributed by atoms with Gasteiger partial charge >= 0.3 is 6.18 Å². The number of carbonyl (C=O) groups excluding carboxylic acids is 2. The SMILES string of the molecule is O=C(NCc1ccncc1)C1CN(C(=O)c2ccc(C(F)(F)F)cc2)CC12CCOCC2. The number of rotatable bonds is 4. The first-order valence-corrected chi connectivity index (χ1v) is 10.5. The molecule has 2 fully saturated rings. The molecule has 1 aromatic carbocycles. The van der Waals surface area contributed by atoms with Crippen molar-refractivity contribution in [3.8, 4) is 0 Å². The Bertz CT molecular complexity index is 958. The zero-order chi connectivity index (χ0) is 22.8. The van der Waals surface area contributed by atoms with E-state index >= 15 is 0 Å². The van der Waals surface area contributed by atoms with E-state index < -0.39 is 23.1 Å². The third-order valence-corrected chi connectivity index (χ3v) is 6.42. The number of nitrogens with one attached hydrogen (secondary N) is 1. The molecule has 0 bridgehead atoms. The quantitative estimate of drug-likeness (QED) is 0.781. The lowest BCUT2D eigenvalue weighted by Crippen LogP contribution is -2.44. The third-order valence-electron chi connectivity index (χ3n) is 6.42. The fourth-order valence-corrected chi connectivity index (χ4v) is 4.57. The van der Waals surface area contributed by atoms with Gasteiger partial charge in [-0.25, -0.2) is 0 Å². The minimum Gasteiger partial charge on any atom is -0.381 e. The second-order valence-corrected chi connectivity index (χ2v) is 8.36. The Labute approximate surface area is 183 Å². The molecule has 3 heterocycles. The number of hydrogen-bond donors (Lipinski definition) is 1. The molecule has 2 aliphatic rings. The van der Waals surface area contributed by atoms with Gasteiger partial charge in [-0.05, 0) is 54.8 Å². The molecule has 0 saturated carbocycles. The van der Waals surface area contributed by atoms with Gasteiger partial charge in [-0.2, -0.15) is 13.2 Å². The second-order valence-electron chi connectivity index (χ2n) is 8.36. The molecule has 32 heavy (non-hydrogen) atoms. The Morgan fingerprint density at radius 1 is 1.09 bits per heavy atom. The maximum Gasteiger partial charge on any atom is 0.416 e. The van der Waals surface area contributed by atoms with Gasteiger partial charge in [0, 0.05) is 56.2 Å². The van der Waals surface area contributed by atoms with Crippen LogP contribution in [0.5, 0.6) is 0 Å². The van der Waals surface area contributed by atoms with E-state index in [9.17, 15) is 22.8 Å². The van der Waals surface area contributed by atoms with Crippen molar-refractivity contribution in [1.29, 1.82) is 0 Å². The second kappa shape index (κ2) is 8.90. The molecule has 2 aliphatic heterocycles. The number of ether oxygens (including phenoxy) is 1. The zero-order valence-corrected chi connectivity index (χ0v) is 17.4. The van der Waals surface area contributed by atoms with Crippen molar-refractivity contribution in [3.63, 3.8) is 0 Å². The Morgan fingerprint density at radius 2 is 1.75 bits per heavy atom. The fourth-order valence-electron chi connectivity index (χ4n) is 4.57. The first kappa shape index (κ1) is 22.3. The zero-order valence-electron chi connectivity index (χ0n) is 17.4. The van der Waals surface area contributed by atoms with E-state index in [1.165, 1.54) is 12.1 Å². The summed E-state index contributed by atoms with van der Waals surface area (Å²) in [5, 5.41) is 2.97. The van der Waals surface area contributed by atoms with Crippen molar-refractivity contribution in [2.45, 2.75) is 25.6 Å². The van der Waals surface area contributed by atoms with Crippen LogP contribution in [-0.2, 0) is 22.3 Å². The van der Waals surface area contributed by atoms with Gasteiger partial charge in [0.2, 0.25) is 5.91 Å². The van der Waals surface area contributed by atoms with Gasteiger partial charge in [-0.15, -0.1) is 0 Å². The molecular formula is C23H24F3N3O3. The van der Waals surface area contributed by atoms with Crippen LogP contribution in [0.25, 0.3) is 0 Å². The molecule has 6 nitrogen and oxygen atoms in total. The number of aromatic nitrogens is 1. The highest BCUT2D eigenvalue weighted by Gasteiger charge is 2.51. The van der Waals surface area contributed by atoms with E-state index in [-0.39, 0.29) is 23.9 Å². The fraction of sp³-hybridized carbons (Fsp3) is 0.435. The van der Waals surface area contributed by atoms with E-state index in [2.05, 4.69) is 10.3 Å². The summed E-state index contributed by atoms with van der Waals surface area (Å²) in [5.74, 6) is -0.910. The molecule has 1 N–H and O–H groups in total. The van der Waals surface area contributed by atoms with Gasteiger partial charge < -0.3 is 15.0 Å². The van der Waals surface area contributed by atoms with Crippen molar-refractivity contribution in [2.24, 2.45) is 11.3 Å². The number of halogens is 3. The monoisotopic (exact) mass is 447 g/mol. The summed E-state index contributed by atoms with van der Waals surface area (Å²) < 4.78 is 44.0. The molecule has 4 rings (SSSR count). The van der Waals surface area contributed by atoms with Crippen LogP contribution in [0.15, 0.2) is 48.8 Å². The lowest BCUT2D eigenvalue weighted by Gasteiger charge is -2.37. The summed E-state index contributed by atoms with van der Waals surface area (Å²) in [6.07, 6.45) is 0.149. The summed E-state index contributed by atoms with van der Waals surface area (Å²) in [7, 11) is 0. The van der Waals surface area contributed by atoms with E-state index in [4.69, 9.17) is 4.74 Å². The molecular weight excluding hydrogens is 423 g/mol. The number of benzene rings is 1. The molecule has 0 aliphatic carbocycles. The van der Waals surface area contributed by atoms with Gasteiger partial charge in [0.25, 0.3) is 5.91 Å². The highest BCUT2D eigenvalue weighted by molar-refractivity contribution is 5.95. The molecule has 2 amide bonds. The number of nitrogens with zero attached hydrogens (tertiary/aromatic N) is 2. The predicted molar refractivity (Wildman–Crippen MR) is 109 cm³/mol. The summed E-state index contributed by atoms with van der Waals surface area (Å²) in [5.41, 5.74) is -0.102. The standard InChI is InChI=1S/C23H24F3N3O3/c24-23(25,26)18-3-1-17(2-4-18)21(31)29-14-19(22(15-29)7-11-32-12-8-22)20(30)28-13-16-5-9-27-10-6-16/h1-6,9-10,19H,7-8,11-15H2,(H,28,30). The molecule has 9 heteroatoms. The molecule has 1 spiro atoms. The lowest BCUT2D eigenvalue weighted by molar-refractivity contribution is -0.137. The number of amides is 2. The summed E-state index contributed by atoms with van der Waals surface area (Å²) in [6.45, 7) is 1.98. The van der Waals surface area contributed by atoms with E-state index in [1.54, 1.807) is 17.3 Å². The molecule has 170 valence electrons. The van der Waals surface area contributed by atoms with Crippen LogP contribution in [-0.4, -0.2) is 48.0 Å². The summed E-state index contributed by atoms with van der Waals surface area (Å²) in [4.78, 5) is 31.7. The Balaban J connectivity index is 1.49. The summed E-state index contributed by atoms with van der Waals surface area (Å²) in [6, 6.07) is 7.84. The van der Waals surface area contributed by atoms with Gasteiger partial charge in [0.1, 0.15) is 0 Å². The van der Waals surface area contributed by atoms with E-state index in [1.807, 2.05) is 12.1 Å². The van der Waals surface area contributed by atoms with Crippen molar-refractivity contribution >= 4 is 11.8 Å². The van der Waals surface area contributed by atoms with Gasteiger partial charge in [-0.1, -0.05) is 0 Å². The van der Waals surface area contributed by atoms with Crippen LogP contribution in [0.3, 0.4) is 0 Å². The Kier molecular flexibility index (Phi) is 6.19. The lowest BCUT2D eigenvalue weighted by atomic mass is 9.71. The number of alkyl halides is 3. The predicted octanol–water partition coefficient (Wildman–Crippen LogP) is 3.29. The first-order chi connectivity index (χ1) is 15.3. The maximum atomic E-state index is 13.1. The van der Waals surface area contributed by atoms with Crippen LogP contribution in [0.1, 0.15) is 34.3 Å². The smallest absolute Gasteiger partial charge is 0.381 e. The molecule has 1 unspecified atom stereocenters. The van der Waals surface area contributed by atoms with Crippen LogP contribution in [0, 0.1) is 11.3 Å². The molecule has 1 atom stereocenters. The molecule has 2 saturated heterocycles. The Morgan fingerprint density at radius 3 is 2.38 bits per heavy atom. The van der Waals surface area contributed by atoms with Crippen molar-refractivity contribution in [2.75, 3.05) is 26.3 Å². The van der Waals surface area contributed by atoms with Crippen LogP contribution >= 0.6 is 0 Å². The highest BCUT2D eigenvalue weighted by atomic mass is 19.4. The van der Waals surface area contributed by atoms with Gasteiger partial charge in [0.15, 0.2) is 0 Å². The van der Waals surface area contributed by atoms with Gasteiger partial charge in [-0.3, -0.25) is 14.6 Å². The van der Waals surface area contributed by atoms with Crippen molar-refractivity contribution < 1.29 is 27.5 Å². The molecule has 1 aromatic heterocycles. The van der Waals surface area contributed by atoms with Crippen molar-refractivity contribution in [1.82, 2.24) is 15.2 Å². The van der Waals surface area contributed by atoms with Crippen molar-refractivity contribution in [3.05, 3.63) is 65.5 Å². The van der Waals surface area contributed by atoms with Crippen LogP contribution < -0.4 is 5.32 Å². The maximum absolute atomic E-state index is 13.1. The summed E-state index contributed by atoms with van der Waals surface area (Å²) >= 11 is 0. The largest absolute Gasteiger partial charge is 0.416 e. The number of hydrogen-bond acceptors (Lipinski definition) is 4. The average Bonchev–Trinajstić information content (AvgIpc) is 3.16. The minimum atomic E-state index is -4.46. The number of likely N-dealkylation sites (tertiary alicyclic amines) is 1. The van der Waals surface area contributed by atoms with Crippen LogP contribution in [0.2, 0.25) is 0 Å². The Hall–Kier alpha value is -2.94. The number of carbonyl (C=O) groups is 2.